The molecule has 1 amide bonds. The van der Waals surface area contributed by atoms with Crippen LogP contribution in [0.3, 0.4) is 0 Å². The van der Waals surface area contributed by atoms with Gasteiger partial charge in [-0.3, -0.25) is 14.6 Å². The molecule has 1 N–H and O–H groups in total. The first-order valence-corrected chi connectivity index (χ1v) is 12.7. The van der Waals surface area contributed by atoms with E-state index in [1.54, 1.807) is 54.9 Å². The standard InChI is InChI=1S/C30H32N2O5/c1-3-5-9-17-37-24-15-14-23(18-25(24)36-4-2)27-26(28(33)22-12-7-6-8-13-22)29(34)30(35)32(27)20-21-11-10-16-31-19-21/h6-8,10-16,18-19,27,33H,3-5,9,17,20H2,1-2H3. The number of nitrogens with zero attached hydrogens (tertiary/aromatic N) is 2. The summed E-state index contributed by atoms with van der Waals surface area (Å²) < 4.78 is 11.9. The molecule has 0 aliphatic carbocycles. The molecule has 4 rings (SSSR count). The third-order valence-electron chi connectivity index (χ3n) is 6.25. The van der Waals surface area contributed by atoms with Crippen LogP contribution in [0.5, 0.6) is 11.5 Å². The lowest BCUT2D eigenvalue weighted by Crippen LogP contribution is -2.29. The number of Topliss-reactive ketones (excluding diaryl/α,β-unsaturated/α-hetero) is 1. The topological polar surface area (TPSA) is 89.0 Å². The first kappa shape index (κ1) is 25.9. The van der Waals surface area contributed by atoms with Crippen LogP contribution >= 0.6 is 0 Å². The number of amides is 1. The van der Waals surface area contributed by atoms with Crippen LogP contribution in [0.2, 0.25) is 0 Å². The second kappa shape index (κ2) is 12.2. The van der Waals surface area contributed by atoms with E-state index < -0.39 is 17.7 Å². The van der Waals surface area contributed by atoms with E-state index in [-0.39, 0.29) is 17.9 Å². The number of ketones is 1. The summed E-state index contributed by atoms with van der Waals surface area (Å²) >= 11 is 0. The Morgan fingerprint density at radius 3 is 2.49 bits per heavy atom. The minimum atomic E-state index is -0.811. The van der Waals surface area contributed by atoms with E-state index in [1.165, 1.54) is 4.90 Å². The molecule has 0 saturated carbocycles. The Hall–Kier alpha value is -4.13. The van der Waals surface area contributed by atoms with Crippen molar-refractivity contribution in [2.45, 2.75) is 45.7 Å². The number of carbonyl (C=O) groups is 2. The summed E-state index contributed by atoms with van der Waals surface area (Å²) in [7, 11) is 0. The monoisotopic (exact) mass is 500 g/mol. The van der Waals surface area contributed by atoms with E-state index in [1.807, 2.05) is 25.1 Å². The number of hydrogen-bond donors (Lipinski definition) is 1. The highest BCUT2D eigenvalue weighted by molar-refractivity contribution is 6.46. The maximum absolute atomic E-state index is 13.3. The van der Waals surface area contributed by atoms with Crippen LogP contribution in [0.15, 0.2) is 78.6 Å². The van der Waals surface area contributed by atoms with Crippen LogP contribution in [0, 0.1) is 0 Å². The lowest BCUT2D eigenvalue weighted by atomic mass is 9.95. The average Bonchev–Trinajstić information content (AvgIpc) is 3.17. The Kier molecular flexibility index (Phi) is 8.56. The molecule has 1 aromatic heterocycles. The molecule has 7 heteroatoms. The Balaban J connectivity index is 1.79. The molecule has 192 valence electrons. The number of aromatic nitrogens is 1. The normalized spacial score (nSPS) is 16.7. The van der Waals surface area contributed by atoms with Crippen molar-refractivity contribution in [1.29, 1.82) is 0 Å². The summed E-state index contributed by atoms with van der Waals surface area (Å²) in [6.07, 6.45) is 6.42. The van der Waals surface area contributed by atoms with Gasteiger partial charge in [0.05, 0.1) is 24.8 Å². The maximum atomic E-state index is 13.3. The lowest BCUT2D eigenvalue weighted by molar-refractivity contribution is -0.140. The number of aliphatic hydroxyl groups excluding tert-OH is 1. The SMILES string of the molecule is CCCCCOc1ccc(C2C(=C(O)c3ccccc3)C(=O)C(=O)N2Cc2cccnc2)cc1OCC. The predicted octanol–water partition coefficient (Wildman–Crippen LogP) is 5.67. The van der Waals surface area contributed by atoms with Crippen LogP contribution in [0.25, 0.3) is 5.76 Å². The highest BCUT2D eigenvalue weighted by Crippen LogP contribution is 2.42. The molecule has 0 radical (unpaired) electrons. The highest BCUT2D eigenvalue weighted by atomic mass is 16.5. The third kappa shape index (κ3) is 5.82. The summed E-state index contributed by atoms with van der Waals surface area (Å²) in [5, 5.41) is 11.2. The fourth-order valence-electron chi connectivity index (χ4n) is 4.45. The number of likely N-dealkylation sites (tertiary alicyclic amines) is 1. The zero-order chi connectivity index (χ0) is 26.2. The summed E-state index contributed by atoms with van der Waals surface area (Å²) in [6, 6.07) is 17.0. The Bertz CT molecular complexity index is 1260. The van der Waals surface area contributed by atoms with Crippen molar-refractivity contribution in [3.63, 3.8) is 0 Å². The largest absolute Gasteiger partial charge is 0.507 e. The van der Waals surface area contributed by atoms with Gasteiger partial charge in [0, 0.05) is 24.5 Å². The van der Waals surface area contributed by atoms with E-state index in [4.69, 9.17) is 9.47 Å². The van der Waals surface area contributed by atoms with Crippen molar-refractivity contribution in [3.8, 4) is 11.5 Å². The number of pyridine rings is 1. The van der Waals surface area contributed by atoms with Crippen LogP contribution in [-0.4, -0.2) is 39.9 Å². The molecule has 7 nitrogen and oxygen atoms in total. The quantitative estimate of drug-likeness (QED) is 0.158. The molecular weight excluding hydrogens is 468 g/mol. The second-order valence-corrected chi connectivity index (χ2v) is 8.85. The maximum Gasteiger partial charge on any atom is 0.295 e. The first-order chi connectivity index (χ1) is 18.0. The lowest BCUT2D eigenvalue weighted by Gasteiger charge is -2.26. The second-order valence-electron chi connectivity index (χ2n) is 8.85. The van der Waals surface area contributed by atoms with Crippen LogP contribution in [-0.2, 0) is 16.1 Å². The molecule has 1 aliphatic heterocycles. The first-order valence-electron chi connectivity index (χ1n) is 12.7. The Labute approximate surface area is 217 Å². The fraction of sp³-hybridized carbons (Fsp3) is 0.300. The van der Waals surface area contributed by atoms with Gasteiger partial charge in [-0.25, -0.2) is 0 Å². The molecule has 1 unspecified atom stereocenters. The molecule has 37 heavy (non-hydrogen) atoms. The molecule has 1 atom stereocenters. The molecular formula is C30H32N2O5. The van der Waals surface area contributed by atoms with Crippen molar-refractivity contribution in [2.24, 2.45) is 0 Å². The van der Waals surface area contributed by atoms with Crippen molar-refractivity contribution in [3.05, 3.63) is 95.3 Å². The molecule has 1 fully saturated rings. The van der Waals surface area contributed by atoms with Crippen molar-refractivity contribution < 1.29 is 24.2 Å². The van der Waals surface area contributed by atoms with Gasteiger partial charge < -0.3 is 19.5 Å². The predicted molar refractivity (Wildman–Crippen MR) is 141 cm³/mol. The van der Waals surface area contributed by atoms with Gasteiger partial charge in [-0.2, -0.15) is 0 Å². The third-order valence-corrected chi connectivity index (χ3v) is 6.25. The Morgan fingerprint density at radius 2 is 1.78 bits per heavy atom. The summed E-state index contributed by atoms with van der Waals surface area (Å²) in [4.78, 5) is 32.2. The van der Waals surface area contributed by atoms with E-state index in [0.29, 0.717) is 35.8 Å². The van der Waals surface area contributed by atoms with Crippen molar-refractivity contribution >= 4 is 17.4 Å². The number of aliphatic hydroxyl groups is 1. The van der Waals surface area contributed by atoms with Gasteiger partial charge >= 0.3 is 0 Å². The van der Waals surface area contributed by atoms with E-state index in [9.17, 15) is 14.7 Å². The minimum Gasteiger partial charge on any atom is -0.507 e. The number of ether oxygens (including phenoxy) is 2. The van der Waals surface area contributed by atoms with Crippen LogP contribution in [0.1, 0.15) is 55.8 Å². The molecule has 1 aliphatic rings. The highest BCUT2D eigenvalue weighted by Gasteiger charge is 2.46. The van der Waals surface area contributed by atoms with Gasteiger partial charge in [-0.15, -0.1) is 0 Å². The van der Waals surface area contributed by atoms with Gasteiger partial charge in [0.1, 0.15) is 5.76 Å². The number of rotatable bonds is 11. The van der Waals surface area contributed by atoms with Gasteiger partial charge in [0.25, 0.3) is 11.7 Å². The minimum absolute atomic E-state index is 0.0409. The number of carbonyl (C=O) groups excluding carboxylic acids is 2. The van der Waals surface area contributed by atoms with Gasteiger partial charge in [0.2, 0.25) is 0 Å². The van der Waals surface area contributed by atoms with Gasteiger partial charge in [-0.05, 0) is 42.7 Å². The van der Waals surface area contributed by atoms with Gasteiger partial charge in [0.15, 0.2) is 11.5 Å². The van der Waals surface area contributed by atoms with Crippen LogP contribution in [0.4, 0.5) is 0 Å². The Morgan fingerprint density at radius 1 is 0.973 bits per heavy atom. The molecule has 3 aromatic rings. The fourth-order valence-corrected chi connectivity index (χ4v) is 4.45. The summed E-state index contributed by atoms with van der Waals surface area (Å²) in [6.45, 7) is 5.18. The number of hydrogen-bond acceptors (Lipinski definition) is 6. The molecule has 1 saturated heterocycles. The molecule has 0 bridgehead atoms. The smallest absolute Gasteiger partial charge is 0.295 e. The van der Waals surface area contributed by atoms with E-state index in [0.717, 1.165) is 24.8 Å². The van der Waals surface area contributed by atoms with Crippen molar-refractivity contribution in [1.82, 2.24) is 9.88 Å². The average molecular weight is 501 g/mol. The number of benzene rings is 2. The van der Waals surface area contributed by atoms with Gasteiger partial charge in [-0.1, -0.05) is 62.2 Å². The van der Waals surface area contributed by atoms with Crippen molar-refractivity contribution in [2.75, 3.05) is 13.2 Å². The zero-order valence-electron chi connectivity index (χ0n) is 21.2. The zero-order valence-corrected chi connectivity index (χ0v) is 21.2. The number of unbranched alkanes of at least 4 members (excludes halogenated alkanes) is 2. The summed E-state index contributed by atoms with van der Waals surface area (Å²) in [5.41, 5.74) is 1.92. The summed E-state index contributed by atoms with van der Waals surface area (Å²) in [5.74, 6) is -0.482. The molecule has 2 aromatic carbocycles. The molecule has 2 heterocycles. The van der Waals surface area contributed by atoms with E-state index >= 15 is 0 Å². The van der Waals surface area contributed by atoms with E-state index in [2.05, 4.69) is 11.9 Å². The van der Waals surface area contributed by atoms with Crippen LogP contribution < -0.4 is 9.47 Å². The molecule has 0 spiro atoms.